The predicted molar refractivity (Wildman–Crippen MR) is 100 cm³/mol. The molecule has 0 unspecified atom stereocenters. The number of carbonyl (C=O) groups is 2. The molecular weight excluding hydrogens is 352 g/mol. The van der Waals surface area contributed by atoms with Crippen LogP contribution in [0.25, 0.3) is 6.08 Å². The number of nitro benzene ring substituents is 1. The number of nitro groups is 1. The van der Waals surface area contributed by atoms with Crippen LogP contribution in [0.3, 0.4) is 0 Å². The van der Waals surface area contributed by atoms with Crippen LogP contribution in [0.5, 0.6) is 0 Å². The van der Waals surface area contributed by atoms with Crippen molar-refractivity contribution in [1.82, 2.24) is 4.90 Å². The van der Waals surface area contributed by atoms with E-state index in [1.54, 1.807) is 24.3 Å². The maximum Gasteiger partial charge on any atom is 0.293 e. The summed E-state index contributed by atoms with van der Waals surface area (Å²) in [7, 11) is 0. The third-order valence-corrected chi connectivity index (χ3v) is 4.98. The van der Waals surface area contributed by atoms with Crippen molar-refractivity contribution in [3.05, 3.63) is 80.2 Å². The Balaban J connectivity index is 1.83. The highest BCUT2D eigenvalue weighted by Gasteiger charge is 2.36. The van der Waals surface area contributed by atoms with E-state index in [9.17, 15) is 19.7 Å². The number of rotatable bonds is 5. The SMILES string of the molecule is CCc1ccc(/C=C2\SC(=O)N(Cc3ccccc3[N+](=O)[O-])C2=O)cc1. The van der Waals surface area contributed by atoms with Crippen molar-refractivity contribution < 1.29 is 14.5 Å². The first kappa shape index (κ1) is 17.9. The van der Waals surface area contributed by atoms with Gasteiger partial charge in [0.25, 0.3) is 16.8 Å². The highest BCUT2D eigenvalue weighted by Crippen LogP contribution is 2.34. The summed E-state index contributed by atoms with van der Waals surface area (Å²) in [6, 6.07) is 13.9. The summed E-state index contributed by atoms with van der Waals surface area (Å²) in [6.45, 7) is 1.94. The first-order valence-corrected chi connectivity index (χ1v) is 8.88. The normalized spacial score (nSPS) is 15.7. The summed E-state index contributed by atoms with van der Waals surface area (Å²) in [4.78, 5) is 36.8. The van der Waals surface area contributed by atoms with Crippen LogP contribution in [0, 0.1) is 10.1 Å². The number of imide groups is 1. The van der Waals surface area contributed by atoms with Crippen molar-refractivity contribution in [3.63, 3.8) is 0 Å². The molecule has 1 heterocycles. The molecular formula is C19H16N2O4S. The number of amides is 2. The number of aryl methyl sites for hydroxylation is 1. The highest BCUT2D eigenvalue weighted by atomic mass is 32.2. The molecule has 1 saturated heterocycles. The first-order valence-electron chi connectivity index (χ1n) is 8.06. The number of para-hydroxylation sites is 1. The van der Waals surface area contributed by atoms with Crippen LogP contribution in [0.15, 0.2) is 53.4 Å². The molecule has 6 nitrogen and oxygen atoms in total. The minimum absolute atomic E-state index is 0.106. The fourth-order valence-corrected chi connectivity index (χ4v) is 3.47. The number of thioether (sulfide) groups is 1. The topological polar surface area (TPSA) is 80.5 Å². The summed E-state index contributed by atoms with van der Waals surface area (Å²) in [5, 5.41) is 10.7. The summed E-state index contributed by atoms with van der Waals surface area (Å²) in [5.41, 5.74) is 2.24. The fourth-order valence-electron chi connectivity index (χ4n) is 2.63. The molecule has 0 bridgehead atoms. The van der Waals surface area contributed by atoms with Gasteiger partial charge in [-0.2, -0.15) is 0 Å². The van der Waals surface area contributed by atoms with E-state index >= 15 is 0 Å². The second kappa shape index (κ2) is 7.53. The van der Waals surface area contributed by atoms with E-state index in [0.717, 1.165) is 28.6 Å². The van der Waals surface area contributed by atoms with Gasteiger partial charge in [0.1, 0.15) is 0 Å². The van der Waals surface area contributed by atoms with Crippen LogP contribution in [-0.4, -0.2) is 21.0 Å². The average molecular weight is 368 g/mol. The molecule has 0 saturated carbocycles. The Bertz CT molecular complexity index is 906. The van der Waals surface area contributed by atoms with Crippen LogP contribution in [-0.2, 0) is 17.8 Å². The summed E-state index contributed by atoms with van der Waals surface area (Å²) < 4.78 is 0. The number of carbonyl (C=O) groups excluding carboxylic acids is 2. The minimum atomic E-state index is -0.514. The van der Waals surface area contributed by atoms with E-state index < -0.39 is 16.1 Å². The standard InChI is InChI=1S/C19H16N2O4S/c1-2-13-7-9-14(10-8-13)11-17-18(22)20(19(23)26-17)12-15-5-3-4-6-16(15)21(24)25/h3-11H,2,12H2,1H3/b17-11-. The molecule has 26 heavy (non-hydrogen) atoms. The van der Waals surface area contributed by atoms with Crippen LogP contribution in [0.1, 0.15) is 23.6 Å². The van der Waals surface area contributed by atoms with E-state index in [2.05, 4.69) is 6.92 Å². The number of hydrogen-bond donors (Lipinski definition) is 0. The monoisotopic (exact) mass is 368 g/mol. The Morgan fingerprint density at radius 2 is 1.81 bits per heavy atom. The Morgan fingerprint density at radius 1 is 1.12 bits per heavy atom. The zero-order valence-electron chi connectivity index (χ0n) is 14.0. The van der Waals surface area contributed by atoms with Gasteiger partial charge in [-0.3, -0.25) is 24.6 Å². The molecule has 7 heteroatoms. The van der Waals surface area contributed by atoms with Gasteiger partial charge in [-0.1, -0.05) is 49.4 Å². The van der Waals surface area contributed by atoms with Gasteiger partial charge in [0.15, 0.2) is 0 Å². The second-order valence-electron chi connectivity index (χ2n) is 5.75. The van der Waals surface area contributed by atoms with Gasteiger partial charge in [0, 0.05) is 11.6 Å². The molecule has 0 N–H and O–H groups in total. The maximum absolute atomic E-state index is 12.6. The molecule has 1 fully saturated rings. The molecule has 1 aliphatic rings. The number of nitrogens with zero attached hydrogens (tertiary/aromatic N) is 2. The lowest BCUT2D eigenvalue weighted by Crippen LogP contribution is -2.27. The lowest BCUT2D eigenvalue weighted by Gasteiger charge is -2.12. The highest BCUT2D eigenvalue weighted by molar-refractivity contribution is 8.18. The molecule has 2 aromatic rings. The van der Waals surface area contributed by atoms with Crippen molar-refractivity contribution in [1.29, 1.82) is 0 Å². The molecule has 2 amide bonds. The van der Waals surface area contributed by atoms with Gasteiger partial charge < -0.3 is 0 Å². The van der Waals surface area contributed by atoms with Crippen molar-refractivity contribution >= 4 is 34.7 Å². The van der Waals surface area contributed by atoms with Gasteiger partial charge in [-0.25, -0.2) is 0 Å². The van der Waals surface area contributed by atoms with Crippen LogP contribution in [0.2, 0.25) is 0 Å². The summed E-state index contributed by atoms with van der Waals surface area (Å²) in [5.74, 6) is -0.433. The molecule has 2 aromatic carbocycles. The first-order chi connectivity index (χ1) is 12.5. The largest absolute Gasteiger partial charge is 0.293 e. The Labute approximate surface area is 154 Å². The fraction of sp³-hybridized carbons (Fsp3) is 0.158. The molecule has 0 aliphatic carbocycles. The molecule has 3 rings (SSSR count). The molecule has 0 radical (unpaired) electrons. The van der Waals surface area contributed by atoms with Crippen molar-refractivity contribution in [2.24, 2.45) is 0 Å². The van der Waals surface area contributed by atoms with Crippen LogP contribution in [0.4, 0.5) is 10.5 Å². The number of hydrogen-bond acceptors (Lipinski definition) is 5. The predicted octanol–water partition coefficient (Wildman–Crippen LogP) is 4.39. The molecule has 1 aliphatic heterocycles. The summed E-state index contributed by atoms with van der Waals surface area (Å²) in [6.07, 6.45) is 2.59. The van der Waals surface area contributed by atoms with E-state index in [-0.39, 0.29) is 12.2 Å². The second-order valence-corrected chi connectivity index (χ2v) is 6.74. The molecule has 0 aromatic heterocycles. The van der Waals surface area contributed by atoms with E-state index in [1.165, 1.54) is 11.6 Å². The van der Waals surface area contributed by atoms with Crippen LogP contribution >= 0.6 is 11.8 Å². The van der Waals surface area contributed by atoms with Crippen molar-refractivity contribution in [3.8, 4) is 0 Å². The number of benzene rings is 2. The smallest absolute Gasteiger partial charge is 0.268 e. The summed E-state index contributed by atoms with van der Waals surface area (Å²) >= 11 is 0.849. The van der Waals surface area contributed by atoms with E-state index in [0.29, 0.717) is 10.5 Å². The minimum Gasteiger partial charge on any atom is -0.268 e. The van der Waals surface area contributed by atoms with E-state index in [1.807, 2.05) is 24.3 Å². The Kier molecular flexibility index (Phi) is 5.18. The Hall–Kier alpha value is -2.93. The van der Waals surface area contributed by atoms with E-state index in [4.69, 9.17) is 0 Å². The lowest BCUT2D eigenvalue weighted by atomic mass is 10.1. The third kappa shape index (κ3) is 3.67. The van der Waals surface area contributed by atoms with Gasteiger partial charge >= 0.3 is 0 Å². The van der Waals surface area contributed by atoms with Gasteiger partial charge in [0.05, 0.1) is 16.4 Å². The van der Waals surface area contributed by atoms with Gasteiger partial charge in [0.2, 0.25) is 0 Å². The van der Waals surface area contributed by atoms with Gasteiger partial charge in [-0.05, 0) is 35.4 Å². The molecule has 132 valence electrons. The zero-order chi connectivity index (χ0) is 18.7. The maximum atomic E-state index is 12.6. The van der Waals surface area contributed by atoms with Crippen LogP contribution < -0.4 is 0 Å². The third-order valence-electron chi connectivity index (χ3n) is 4.08. The Morgan fingerprint density at radius 3 is 2.46 bits per heavy atom. The quantitative estimate of drug-likeness (QED) is 0.444. The lowest BCUT2D eigenvalue weighted by molar-refractivity contribution is -0.385. The van der Waals surface area contributed by atoms with Crippen molar-refractivity contribution in [2.75, 3.05) is 0 Å². The zero-order valence-corrected chi connectivity index (χ0v) is 14.9. The average Bonchev–Trinajstić information content (AvgIpc) is 2.90. The van der Waals surface area contributed by atoms with Crippen molar-refractivity contribution in [2.45, 2.75) is 19.9 Å². The molecule has 0 spiro atoms. The van der Waals surface area contributed by atoms with Gasteiger partial charge in [-0.15, -0.1) is 0 Å². The molecule has 0 atom stereocenters.